The molecule has 0 atom stereocenters. The number of unbranched alkanes of at least 4 members (excludes halogenated alkanes) is 11. The number of hydroxylamine groups is 1. The van der Waals surface area contributed by atoms with Gasteiger partial charge in [-0.05, 0) is 32.1 Å². The Bertz CT molecular complexity index is 257. The Balaban J connectivity index is 0. The zero-order valence-electron chi connectivity index (χ0n) is 14.9. The molecule has 0 fully saturated rings. The van der Waals surface area contributed by atoms with Crippen LogP contribution in [0.1, 0.15) is 96.8 Å². The molecule has 22 heavy (non-hydrogen) atoms. The predicted octanol–water partition coefficient (Wildman–Crippen LogP) is 2.64. The van der Waals surface area contributed by atoms with E-state index >= 15 is 0 Å². The maximum Gasteiger partial charge on any atom is 1.00 e. The topological polar surface area (TPSA) is 52.2 Å². The largest absolute Gasteiger partial charge is 1.00 e. The summed E-state index contributed by atoms with van der Waals surface area (Å²) >= 11 is 0. The molecule has 0 aliphatic rings. The molecule has 0 unspecified atom stereocenters. The molecule has 0 saturated heterocycles. The number of hydrogen-bond acceptors (Lipinski definition) is 2. The number of nitrogens with one attached hydrogen (secondary N) is 1. The van der Waals surface area contributed by atoms with E-state index in [0.717, 1.165) is 19.3 Å². The van der Waals surface area contributed by atoms with Gasteiger partial charge in [-0.25, -0.2) is 0 Å². The van der Waals surface area contributed by atoms with Crippen molar-refractivity contribution in [3.05, 3.63) is 17.4 Å². The smallest absolute Gasteiger partial charge is 0.759 e. The van der Waals surface area contributed by atoms with E-state index in [2.05, 4.69) is 19.1 Å². The SMILES string of the molecule is CCCCCCCC/C=C\CCCCCCCC(=O)N[O-].[Na+]. The van der Waals surface area contributed by atoms with Gasteiger partial charge in [0.25, 0.3) is 0 Å². The molecule has 0 aromatic carbocycles. The van der Waals surface area contributed by atoms with Crippen LogP contribution >= 0.6 is 0 Å². The summed E-state index contributed by atoms with van der Waals surface area (Å²) < 4.78 is 0. The first-order valence-corrected chi connectivity index (χ1v) is 8.87. The van der Waals surface area contributed by atoms with Crippen LogP contribution in [0, 0.1) is 5.21 Å². The van der Waals surface area contributed by atoms with Crippen LogP contribution < -0.4 is 35.0 Å². The van der Waals surface area contributed by atoms with Crippen molar-refractivity contribution in [3.8, 4) is 0 Å². The van der Waals surface area contributed by atoms with Gasteiger partial charge in [-0.15, -0.1) is 0 Å². The quantitative estimate of drug-likeness (QED) is 0.218. The van der Waals surface area contributed by atoms with Crippen LogP contribution in [-0.2, 0) is 4.79 Å². The molecule has 0 radical (unpaired) electrons. The summed E-state index contributed by atoms with van der Waals surface area (Å²) in [5, 5.41) is 10.0. The van der Waals surface area contributed by atoms with Crippen LogP contribution in [0.4, 0.5) is 0 Å². The van der Waals surface area contributed by atoms with Crippen molar-refractivity contribution >= 4 is 5.91 Å². The Hall–Kier alpha value is 0.170. The van der Waals surface area contributed by atoms with E-state index in [1.165, 1.54) is 69.7 Å². The molecule has 4 heteroatoms. The van der Waals surface area contributed by atoms with Gasteiger partial charge >= 0.3 is 29.6 Å². The summed E-state index contributed by atoms with van der Waals surface area (Å²) in [6, 6.07) is 0. The predicted molar refractivity (Wildman–Crippen MR) is 91.0 cm³/mol. The second-order valence-electron chi connectivity index (χ2n) is 5.86. The average molecular weight is 319 g/mol. The minimum atomic E-state index is -0.382. The summed E-state index contributed by atoms with van der Waals surface area (Å²) in [5.74, 6) is -0.382. The van der Waals surface area contributed by atoms with Gasteiger partial charge < -0.3 is 10.7 Å². The van der Waals surface area contributed by atoms with Crippen molar-refractivity contribution in [2.45, 2.75) is 96.8 Å². The molecule has 0 saturated carbocycles. The Morgan fingerprint density at radius 2 is 1.27 bits per heavy atom. The average Bonchev–Trinajstić information content (AvgIpc) is 2.50. The molecule has 0 heterocycles. The minimum absolute atomic E-state index is 0. The molecular weight excluding hydrogens is 285 g/mol. The van der Waals surface area contributed by atoms with Gasteiger partial charge in [0.15, 0.2) is 0 Å². The molecule has 0 aliphatic heterocycles. The molecule has 0 rings (SSSR count). The van der Waals surface area contributed by atoms with Crippen LogP contribution in [0.15, 0.2) is 12.2 Å². The Kier molecular flexibility index (Phi) is 23.5. The van der Waals surface area contributed by atoms with E-state index in [-0.39, 0.29) is 35.5 Å². The molecule has 0 aliphatic carbocycles. The van der Waals surface area contributed by atoms with Gasteiger partial charge in [-0.2, -0.15) is 0 Å². The number of carbonyl (C=O) groups is 1. The second kappa shape index (κ2) is 21.2. The summed E-state index contributed by atoms with van der Waals surface area (Å²) in [5.41, 5.74) is 1.42. The molecular formula is C18H34NNaO2. The number of rotatable bonds is 15. The summed E-state index contributed by atoms with van der Waals surface area (Å²) in [6.45, 7) is 2.26. The number of allylic oxidation sites excluding steroid dienone is 2. The van der Waals surface area contributed by atoms with Crippen molar-refractivity contribution in [2.75, 3.05) is 0 Å². The summed E-state index contributed by atoms with van der Waals surface area (Å²) in [4.78, 5) is 10.7. The van der Waals surface area contributed by atoms with Crippen molar-refractivity contribution in [1.29, 1.82) is 0 Å². The standard InChI is InChI=1S/C18H34NO2.Na/c1-2-3-4-5-6-7-8-9-10-11-12-13-14-15-16-17-18(20)19-21;/h9-10H,2-8,11-17H2,1H3,(H-,19,20,21);/q-1;+1/b10-9-;. The van der Waals surface area contributed by atoms with Crippen LogP contribution in [0.2, 0.25) is 0 Å². The molecule has 0 spiro atoms. The van der Waals surface area contributed by atoms with E-state index in [1.807, 2.05) is 0 Å². The summed E-state index contributed by atoms with van der Waals surface area (Å²) in [6.07, 6.45) is 21.2. The van der Waals surface area contributed by atoms with Gasteiger partial charge in [0.1, 0.15) is 0 Å². The normalized spacial score (nSPS) is 10.6. The third-order valence-corrected chi connectivity index (χ3v) is 3.78. The zero-order chi connectivity index (χ0) is 15.6. The Labute approximate surface area is 159 Å². The van der Waals surface area contributed by atoms with E-state index in [9.17, 15) is 10.0 Å². The van der Waals surface area contributed by atoms with Gasteiger partial charge in [0.05, 0.1) is 0 Å². The molecule has 124 valence electrons. The van der Waals surface area contributed by atoms with Crippen LogP contribution in [0.5, 0.6) is 0 Å². The molecule has 0 aromatic heterocycles. The van der Waals surface area contributed by atoms with Crippen LogP contribution in [0.3, 0.4) is 0 Å². The first-order valence-electron chi connectivity index (χ1n) is 8.87. The van der Waals surface area contributed by atoms with Crippen molar-refractivity contribution < 1.29 is 34.4 Å². The van der Waals surface area contributed by atoms with Crippen LogP contribution in [0.25, 0.3) is 0 Å². The van der Waals surface area contributed by atoms with Crippen molar-refractivity contribution in [3.63, 3.8) is 0 Å². The first kappa shape index (κ1) is 24.4. The van der Waals surface area contributed by atoms with Gasteiger partial charge in [-0.3, -0.25) is 4.79 Å². The Morgan fingerprint density at radius 3 is 1.77 bits per heavy atom. The summed E-state index contributed by atoms with van der Waals surface area (Å²) in [7, 11) is 0. The van der Waals surface area contributed by atoms with Gasteiger partial charge in [0, 0.05) is 6.42 Å². The molecule has 1 N–H and O–H groups in total. The maximum atomic E-state index is 10.7. The monoisotopic (exact) mass is 319 g/mol. The van der Waals surface area contributed by atoms with Crippen molar-refractivity contribution in [1.82, 2.24) is 5.48 Å². The van der Waals surface area contributed by atoms with E-state index in [4.69, 9.17) is 0 Å². The third kappa shape index (κ3) is 20.2. The fourth-order valence-corrected chi connectivity index (χ4v) is 2.41. The fraction of sp³-hybridized carbons (Fsp3) is 0.833. The van der Waals surface area contributed by atoms with Gasteiger partial charge in [0.2, 0.25) is 5.91 Å². The third-order valence-electron chi connectivity index (χ3n) is 3.78. The fourth-order valence-electron chi connectivity index (χ4n) is 2.41. The van der Waals surface area contributed by atoms with E-state index in [1.54, 1.807) is 0 Å². The molecule has 0 aromatic rings. The van der Waals surface area contributed by atoms with Crippen LogP contribution in [-0.4, -0.2) is 5.91 Å². The zero-order valence-corrected chi connectivity index (χ0v) is 16.9. The minimum Gasteiger partial charge on any atom is -0.759 e. The molecule has 1 amide bonds. The van der Waals surface area contributed by atoms with E-state index in [0.29, 0.717) is 6.42 Å². The number of carbonyl (C=O) groups excluding carboxylic acids is 1. The second-order valence-corrected chi connectivity index (χ2v) is 5.86. The number of amides is 1. The molecule has 3 nitrogen and oxygen atoms in total. The number of hydrogen-bond donors (Lipinski definition) is 1. The van der Waals surface area contributed by atoms with Crippen molar-refractivity contribution in [2.24, 2.45) is 0 Å². The molecule has 0 bridgehead atoms. The maximum absolute atomic E-state index is 10.7. The van der Waals surface area contributed by atoms with E-state index < -0.39 is 0 Å². The first-order chi connectivity index (χ1) is 10.3. The Morgan fingerprint density at radius 1 is 0.818 bits per heavy atom. The van der Waals surface area contributed by atoms with Gasteiger partial charge in [-0.1, -0.05) is 70.4 Å².